The fourth-order valence-electron chi connectivity index (χ4n) is 1.72. The molecule has 0 atom stereocenters. The Bertz CT molecular complexity index is 463. The molecule has 1 aromatic carbocycles. The first kappa shape index (κ1) is 12.8. The Morgan fingerprint density at radius 1 is 1.22 bits per heavy atom. The molecule has 2 rings (SSSR count). The van der Waals surface area contributed by atoms with E-state index >= 15 is 0 Å². The van der Waals surface area contributed by atoms with E-state index in [4.69, 9.17) is 12.2 Å². The van der Waals surface area contributed by atoms with Crippen molar-refractivity contribution in [2.24, 2.45) is 5.92 Å². The van der Waals surface area contributed by atoms with Gasteiger partial charge in [-0.05, 0) is 50.0 Å². The Kier molecular flexibility index (Phi) is 3.81. The number of carbonyl (C=O) groups is 1. The normalized spacial score (nSPS) is 13.9. The van der Waals surface area contributed by atoms with Gasteiger partial charge < -0.3 is 5.32 Å². The van der Waals surface area contributed by atoms with Crippen LogP contribution in [-0.2, 0) is 4.79 Å². The summed E-state index contributed by atoms with van der Waals surface area (Å²) in [6.45, 7) is 4.03. The first-order valence-electron chi connectivity index (χ1n) is 6.01. The minimum atomic E-state index is 0.0145. The zero-order valence-electron chi connectivity index (χ0n) is 10.5. The van der Waals surface area contributed by atoms with E-state index in [1.54, 1.807) is 0 Å². The Morgan fingerprint density at radius 2 is 1.83 bits per heavy atom. The summed E-state index contributed by atoms with van der Waals surface area (Å²) in [4.78, 5) is 11.4. The van der Waals surface area contributed by atoms with Gasteiger partial charge in [-0.1, -0.05) is 18.2 Å². The van der Waals surface area contributed by atoms with Crippen LogP contribution in [0.1, 0.15) is 24.0 Å². The van der Waals surface area contributed by atoms with Gasteiger partial charge in [0, 0.05) is 11.6 Å². The number of rotatable bonds is 2. The second-order valence-corrected chi connectivity index (χ2v) is 5.02. The van der Waals surface area contributed by atoms with Crippen LogP contribution in [0.4, 0.5) is 5.69 Å². The van der Waals surface area contributed by atoms with Gasteiger partial charge in [0.2, 0.25) is 5.91 Å². The SMILES string of the molecule is Cc1cccc(C)c1NC(=S)NNC(=O)C1CC1. The highest BCUT2D eigenvalue weighted by atomic mass is 32.1. The second-order valence-electron chi connectivity index (χ2n) is 4.61. The van der Waals surface area contributed by atoms with Gasteiger partial charge in [0.1, 0.15) is 0 Å². The maximum Gasteiger partial charge on any atom is 0.241 e. The van der Waals surface area contributed by atoms with E-state index < -0.39 is 0 Å². The molecule has 18 heavy (non-hydrogen) atoms. The van der Waals surface area contributed by atoms with Gasteiger partial charge >= 0.3 is 0 Å². The number of thiocarbonyl (C=S) groups is 1. The lowest BCUT2D eigenvalue weighted by Gasteiger charge is -2.15. The van der Waals surface area contributed by atoms with E-state index in [9.17, 15) is 4.79 Å². The molecule has 0 aromatic heterocycles. The molecule has 4 nitrogen and oxygen atoms in total. The van der Waals surface area contributed by atoms with Crippen molar-refractivity contribution < 1.29 is 4.79 Å². The number of carbonyl (C=O) groups excluding carboxylic acids is 1. The highest BCUT2D eigenvalue weighted by Gasteiger charge is 2.29. The lowest BCUT2D eigenvalue weighted by atomic mass is 10.1. The molecule has 1 aliphatic carbocycles. The average Bonchev–Trinajstić information content (AvgIpc) is 3.15. The van der Waals surface area contributed by atoms with Crippen molar-refractivity contribution >= 4 is 28.9 Å². The van der Waals surface area contributed by atoms with Gasteiger partial charge in [0.25, 0.3) is 0 Å². The summed E-state index contributed by atoms with van der Waals surface area (Å²) in [5.41, 5.74) is 8.56. The Labute approximate surface area is 112 Å². The molecule has 0 unspecified atom stereocenters. The number of amides is 1. The minimum Gasteiger partial charge on any atom is -0.331 e. The molecule has 1 saturated carbocycles. The molecule has 1 aliphatic rings. The highest BCUT2D eigenvalue weighted by molar-refractivity contribution is 7.80. The third kappa shape index (κ3) is 3.20. The first-order valence-corrected chi connectivity index (χ1v) is 6.42. The van der Waals surface area contributed by atoms with Crippen molar-refractivity contribution in [3.8, 4) is 0 Å². The molecule has 1 aromatic rings. The van der Waals surface area contributed by atoms with Crippen LogP contribution in [-0.4, -0.2) is 11.0 Å². The summed E-state index contributed by atoms with van der Waals surface area (Å²) in [7, 11) is 0. The summed E-state index contributed by atoms with van der Waals surface area (Å²) in [5, 5.41) is 3.50. The Morgan fingerprint density at radius 3 is 2.39 bits per heavy atom. The maximum absolute atomic E-state index is 11.4. The standard InChI is InChI=1S/C13H17N3OS/c1-8-4-3-5-9(2)11(8)14-13(18)16-15-12(17)10-6-7-10/h3-5,10H,6-7H2,1-2H3,(H,15,17)(H2,14,16,18). The van der Waals surface area contributed by atoms with Crippen LogP contribution in [0.25, 0.3) is 0 Å². The predicted octanol–water partition coefficient (Wildman–Crippen LogP) is 2.03. The molecule has 0 bridgehead atoms. The first-order chi connectivity index (χ1) is 8.58. The van der Waals surface area contributed by atoms with Crippen LogP contribution in [0.2, 0.25) is 0 Å². The molecule has 5 heteroatoms. The van der Waals surface area contributed by atoms with Crippen LogP contribution in [0, 0.1) is 19.8 Å². The molecular formula is C13H17N3OS. The highest BCUT2D eigenvalue weighted by Crippen LogP contribution is 2.28. The van der Waals surface area contributed by atoms with Gasteiger partial charge in [-0.25, -0.2) is 0 Å². The van der Waals surface area contributed by atoms with Crippen molar-refractivity contribution in [2.75, 3.05) is 5.32 Å². The Hall–Kier alpha value is -1.62. The van der Waals surface area contributed by atoms with Crippen molar-refractivity contribution in [3.05, 3.63) is 29.3 Å². The lowest BCUT2D eigenvalue weighted by molar-refractivity contribution is -0.122. The predicted molar refractivity (Wildman–Crippen MR) is 76.1 cm³/mol. The number of nitrogens with one attached hydrogen (secondary N) is 3. The van der Waals surface area contributed by atoms with Gasteiger partial charge in [0.15, 0.2) is 5.11 Å². The van der Waals surface area contributed by atoms with Gasteiger partial charge in [0.05, 0.1) is 0 Å². The smallest absolute Gasteiger partial charge is 0.241 e. The molecule has 0 saturated heterocycles. The van der Waals surface area contributed by atoms with Crippen LogP contribution in [0.5, 0.6) is 0 Å². The summed E-state index contributed by atoms with van der Waals surface area (Å²) >= 11 is 5.14. The number of aryl methyl sites for hydroxylation is 2. The monoisotopic (exact) mass is 263 g/mol. The zero-order chi connectivity index (χ0) is 13.1. The van der Waals surface area contributed by atoms with Crippen molar-refractivity contribution in [1.82, 2.24) is 10.9 Å². The second kappa shape index (κ2) is 5.35. The van der Waals surface area contributed by atoms with Gasteiger partial charge in [-0.15, -0.1) is 0 Å². The van der Waals surface area contributed by atoms with E-state index in [0.29, 0.717) is 5.11 Å². The molecule has 0 heterocycles. The van der Waals surface area contributed by atoms with Crippen molar-refractivity contribution in [2.45, 2.75) is 26.7 Å². The fraction of sp³-hybridized carbons (Fsp3) is 0.385. The van der Waals surface area contributed by atoms with Crippen LogP contribution in [0.3, 0.4) is 0 Å². The number of para-hydroxylation sites is 1. The van der Waals surface area contributed by atoms with Crippen LogP contribution in [0.15, 0.2) is 18.2 Å². The van der Waals surface area contributed by atoms with E-state index in [2.05, 4.69) is 16.2 Å². The molecule has 0 radical (unpaired) electrons. The molecule has 0 aliphatic heterocycles. The van der Waals surface area contributed by atoms with E-state index in [-0.39, 0.29) is 11.8 Å². The third-order valence-corrected chi connectivity index (χ3v) is 3.17. The van der Waals surface area contributed by atoms with Gasteiger partial charge in [-0.3, -0.25) is 15.6 Å². The van der Waals surface area contributed by atoms with Gasteiger partial charge in [-0.2, -0.15) is 0 Å². The molecule has 0 spiro atoms. The number of benzene rings is 1. The van der Waals surface area contributed by atoms with Crippen LogP contribution < -0.4 is 16.2 Å². The third-order valence-electron chi connectivity index (χ3n) is 2.97. The number of hydrazine groups is 1. The molecule has 1 amide bonds. The lowest BCUT2D eigenvalue weighted by Crippen LogP contribution is -2.44. The molecule has 1 fully saturated rings. The summed E-state index contributed by atoms with van der Waals surface area (Å²) in [5.74, 6) is 0.182. The van der Waals surface area contributed by atoms with E-state index in [0.717, 1.165) is 29.7 Å². The number of hydrogen-bond donors (Lipinski definition) is 3. The quantitative estimate of drug-likeness (QED) is 0.564. The summed E-state index contributed by atoms with van der Waals surface area (Å²) in [6, 6.07) is 6.03. The molecule has 3 N–H and O–H groups in total. The minimum absolute atomic E-state index is 0.0145. The van der Waals surface area contributed by atoms with E-state index in [1.165, 1.54) is 0 Å². The topological polar surface area (TPSA) is 53.2 Å². The largest absolute Gasteiger partial charge is 0.331 e. The maximum atomic E-state index is 11.4. The number of hydrogen-bond acceptors (Lipinski definition) is 2. The average molecular weight is 263 g/mol. The fourth-order valence-corrected chi connectivity index (χ4v) is 1.88. The van der Waals surface area contributed by atoms with Crippen LogP contribution >= 0.6 is 12.2 Å². The summed E-state index contributed by atoms with van der Waals surface area (Å²) < 4.78 is 0. The number of anilines is 1. The van der Waals surface area contributed by atoms with Crippen molar-refractivity contribution in [1.29, 1.82) is 0 Å². The Balaban J connectivity index is 1.88. The molecular weight excluding hydrogens is 246 g/mol. The zero-order valence-corrected chi connectivity index (χ0v) is 11.4. The molecule has 96 valence electrons. The summed E-state index contributed by atoms with van der Waals surface area (Å²) in [6.07, 6.45) is 1.95. The van der Waals surface area contributed by atoms with Crippen molar-refractivity contribution in [3.63, 3.8) is 0 Å². The van der Waals surface area contributed by atoms with E-state index in [1.807, 2.05) is 32.0 Å².